The third kappa shape index (κ3) is 7.16. The Morgan fingerprint density at radius 3 is 2.62 bits per heavy atom. The number of aliphatic hydroxyl groups is 1. The maximum Gasteiger partial charge on any atom is 0.191 e. The molecule has 0 unspecified atom stereocenters. The summed E-state index contributed by atoms with van der Waals surface area (Å²) < 4.78 is 13.5. The number of aliphatic hydroxyl groups excluding tert-OH is 1. The number of benzene rings is 1. The van der Waals surface area contributed by atoms with E-state index in [1.165, 1.54) is 6.07 Å². The second-order valence-corrected chi connectivity index (χ2v) is 8.07. The van der Waals surface area contributed by atoms with Gasteiger partial charge in [-0.15, -0.1) is 0 Å². The third-order valence-corrected chi connectivity index (χ3v) is 5.81. The molecule has 0 amide bonds. The van der Waals surface area contributed by atoms with Crippen molar-refractivity contribution in [2.45, 2.75) is 51.2 Å². The van der Waals surface area contributed by atoms with Gasteiger partial charge >= 0.3 is 0 Å². The number of hydrogen-bond donors (Lipinski definition) is 3. The van der Waals surface area contributed by atoms with Crippen LogP contribution in [0.5, 0.6) is 0 Å². The number of nitrogens with one attached hydrogen (secondary N) is 2. The fourth-order valence-corrected chi connectivity index (χ4v) is 4.10. The monoisotopic (exact) mass is 405 g/mol. The van der Waals surface area contributed by atoms with Crippen LogP contribution in [0.2, 0.25) is 0 Å². The predicted octanol–water partition coefficient (Wildman–Crippen LogP) is 2.20. The quantitative estimate of drug-likeness (QED) is 0.369. The van der Waals surface area contributed by atoms with Crippen LogP contribution in [0.25, 0.3) is 0 Å². The Hall–Kier alpha value is -1.86. The Kier molecular flexibility index (Phi) is 8.55. The van der Waals surface area contributed by atoms with Gasteiger partial charge in [0, 0.05) is 51.0 Å². The van der Waals surface area contributed by atoms with Gasteiger partial charge in [0.15, 0.2) is 5.96 Å². The standard InChI is InChI=1S/C22H36FN5O/c1-2-24-22(25-11-4-12-27-13-9-21(29)10-14-27)26-19-7-15-28(16-8-19)20-6-3-5-18(23)17-20/h3,5-6,17,19,21,29H,2,4,7-16H2,1H3,(H2,24,25,26). The lowest BCUT2D eigenvalue weighted by Gasteiger charge is -2.34. The van der Waals surface area contributed by atoms with E-state index in [0.717, 1.165) is 89.6 Å². The van der Waals surface area contributed by atoms with Crippen LogP contribution >= 0.6 is 0 Å². The molecule has 2 fully saturated rings. The minimum atomic E-state index is -0.176. The van der Waals surface area contributed by atoms with Crippen molar-refractivity contribution >= 4 is 11.6 Å². The summed E-state index contributed by atoms with van der Waals surface area (Å²) in [6, 6.07) is 7.25. The fraction of sp³-hybridized carbons (Fsp3) is 0.682. The average Bonchev–Trinajstić information content (AvgIpc) is 2.73. The van der Waals surface area contributed by atoms with Gasteiger partial charge in [0.1, 0.15) is 5.82 Å². The van der Waals surface area contributed by atoms with E-state index in [1.54, 1.807) is 12.1 Å². The Balaban J connectivity index is 1.40. The van der Waals surface area contributed by atoms with Gasteiger partial charge < -0.3 is 25.5 Å². The number of hydrogen-bond acceptors (Lipinski definition) is 4. The van der Waals surface area contributed by atoms with Crippen LogP contribution < -0.4 is 15.5 Å². The van der Waals surface area contributed by atoms with Crippen molar-refractivity contribution in [3.63, 3.8) is 0 Å². The molecule has 29 heavy (non-hydrogen) atoms. The smallest absolute Gasteiger partial charge is 0.191 e. The molecule has 0 aromatic heterocycles. The van der Waals surface area contributed by atoms with Gasteiger partial charge in [-0.25, -0.2) is 4.39 Å². The zero-order chi connectivity index (χ0) is 20.5. The minimum Gasteiger partial charge on any atom is -0.393 e. The molecule has 2 saturated heterocycles. The second-order valence-electron chi connectivity index (χ2n) is 8.07. The summed E-state index contributed by atoms with van der Waals surface area (Å²) in [5.41, 5.74) is 0.967. The maximum absolute atomic E-state index is 13.5. The molecule has 162 valence electrons. The van der Waals surface area contributed by atoms with Crippen molar-refractivity contribution in [3.05, 3.63) is 30.1 Å². The first kappa shape index (κ1) is 21.8. The van der Waals surface area contributed by atoms with Crippen LogP contribution in [-0.4, -0.2) is 73.9 Å². The topological polar surface area (TPSA) is 63.1 Å². The first-order valence-electron chi connectivity index (χ1n) is 11.1. The number of guanidine groups is 1. The van der Waals surface area contributed by atoms with Crippen LogP contribution in [0.1, 0.15) is 39.0 Å². The van der Waals surface area contributed by atoms with Gasteiger partial charge in [-0.05, 0) is 63.8 Å². The van der Waals surface area contributed by atoms with Crippen LogP contribution in [0, 0.1) is 5.82 Å². The molecule has 2 aliphatic heterocycles. The Labute approximate surface area is 174 Å². The van der Waals surface area contributed by atoms with Crippen molar-refractivity contribution < 1.29 is 9.50 Å². The number of halogens is 1. The molecule has 6 nitrogen and oxygen atoms in total. The van der Waals surface area contributed by atoms with Crippen molar-refractivity contribution in [1.29, 1.82) is 0 Å². The molecule has 7 heteroatoms. The summed E-state index contributed by atoms with van der Waals surface area (Å²) in [6.07, 6.45) is 4.73. The largest absolute Gasteiger partial charge is 0.393 e. The lowest BCUT2D eigenvalue weighted by atomic mass is 10.0. The number of likely N-dealkylation sites (tertiary alicyclic amines) is 1. The Morgan fingerprint density at radius 2 is 1.93 bits per heavy atom. The molecule has 2 heterocycles. The van der Waals surface area contributed by atoms with Gasteiger partial charge in [0.05, 0.1) is 6.10 Å². The molecule has 2 aliphatic rings. The highest BCUT2D eigenvalue weighted by Crippen LogP contribution is 2.20. The predicted molar refractivity (Wildman–Crippen MR) is 117 cm³/mol. The molecule has 1 aromatic carbocycles. The Morgan fingerprint density at radius 1 is 1.17 bits per heavy atom. The SMILES string of the molecule is CCNC(=NCCCN1CCC(O)CC1)NC1CCN(c2cccc(F)c2)CC1. The van der Waals surface area contributed by atoms with Crippen LogP contribution in [0.4, 0.5) is 10.1 Å². The summed E-state index contributed by atoms with van der Waals surface area (Å²) in [5, 5.41) is 16.5. The molecule has 1 aromatic rings. The molecule has 0 radical (unpaired) electrons. The van der Waals surface area contributed by atoms with Gasteiger partial charge in [-0.3, -0.25) is 4.99 Å². The molecule has 3 rings (SSSR count). The number of anilines is 1. The van der Waals surface area contributed by atoms with Crippen molar-refractivity contribution in [2.24, 2.45) is 4.99 Å². The first-order chi connectivity index (χ1) is 14.1. The highest BCUT2D eigenvalue weighted by molar-refractivity contribution is 5.80. The van der Waals surface area contributed by atoms with E-state index >= 15 is 0 Å². The molecule has 0 atom stereocenters. The van der Waals surface area contributed by atoms with Gasteiger partial charge in [-0.1, -0.05) is 6.07 Å². The van der Waals surface area contributed by atoms with Gasteiger partial charge in [-0.2, -0.15) is 0 Å². The van der Waals surface area contributed by atoms with E-state index in [9.17, 15) is 9.50 Å². The van der Waals surface area contributed by atoms with E-state index < -0.39 is 0 Å². The van der Waals surface area contributed by atoms with E-state index in [-0.39, 0.29) is 11.9 Å². The lowest BCUT2D eigenvalue weighted by molar-refractivity contribution is 0.0824. The second kappa shape index (κ2) is 11.4. The number of aliphatic imine (C=N–C) groups is 1. The number of rotatable bonds is 7. The summed E-state index contributed by atoms with van der Waals surface area (Å²) in [5.74, 6) is 0.718. The highest BCUT2D eigenvalue weighted by Gasteiger charge is 2.20. The maximum atomic E-state index is 13.5. The molecule has 0 saturated carbocycles. The molecular formula is C22H36FN5O. The van der Waals surface area contributed by atoms with Crippen molar-refractivity contribution in [2.75, 3.05) is 50.7 Å². The Bertz CT molecular complexity index is 640. The van der Waals surface area contributed by atoms with Crippen molar-refractivity contribution in [3.8, 4) is 0 Å². The molecule has 3 N–H and O–H groups in total. The van der Waals surface area contributed by atoms with Crippen LogP contribution in [0.3, 0.4) is 0 Å². The first-order valence-corrected chi connectivity index (χ1v) is 11.1. The van der Waals surface area contributed by atoms with E-state index in [0.29, 0.717) is 6.04 Å². The highest BCUT2D eigenvalue weighted by atomic mass is 19.1. The summed E-state index contributed by atoms with van der Waals surface area (Å²) >= 11 is 0. The van der Waals surface area contributed by atoms with Gasteiger partial charge in [0.25, 0.3) is 0 Å². The van der Waals surface area contributed by atoms with Crippen molar-refractivity contribution in [1.82, 2.24) is 15.5 Å². The molecule has 0 spiro atoms. The summed E-state index contributed by atoms with van der Waals surface area (Å²) in [6.45, 7) is 8.60. The van der Waals surface area contributed by atoms with E-state index in [1.807, 2.05) is 6.07 Å². The fourth-order valence-electron chi connectivity index (χ4n) is 4.10. The summed E-state index contributed by atoms with van der Waals surface area (Å²) in [4.78, 5) is 9.42. The number of piperidine rings is 2. The zero-order valence-corrected chi connectivity index (χ0v) is 17.6. The van der Waals surface area contributed by atoms with Crippen LogP contribution in [0.15, 0.2) is 29.3 Å². The lowest BCUT2D eigenvalue weighted by Crippen LogP contribution is -2.48. The number of nitrogens with zero attached hydrogens (tertiary/aromatic N) is 3. The normalized spacial score (nSPS) is 20.1. The van der Waals surface area contributed by atoms with E-state index in [4.69, 9.17) is 4.99 Å². The third-order valence-electron chi connectivity index (χ3n) is 5.81. The van der Waals surface area contributed by atoms with E-state index in [2.05, 4.69) is 27.4 Å². The molecule has 0 aliphatic carbocycles. The zero-order valence-electron chi connectivity index (χ0n) is 17.6. The molecule has 0 bridgehead atoms. The minimum absolute atomic E-state index is 0.110. The van der Waals surface area contributed by atoms with Crippen LogP contribution in [-0.2, 0) is 0 Å². The summed E-state index contributed by atoms with van der Waals surface area (Å²) in [7, 11) is 0. The molecular weight excluding hydrogens is 369 g/mol. The average molecular weight is 406 g/mol. The van der Waals surface area contributed by atoms with Gasteiger partial charge in [0.2, 0.25) is 0 Å².